The Morgan fingerprint density at radius 2 is 2.29 bits per heavy atom. The summed E-state index contributed by atoms with van der Waals surface area (Å²) < 4.78 is 5.13. The average molecular weight is 227 g/mol. The van der Waals surface area contributed by atoms with Gasteiger partial charge in [-0.2, -0.15) is 10.2 Å². The van der Waals surface area contributed by atoms with Gasteiger partial charge in [0.1, 0.15) is 0 Å². The normalized spacial score (nSPS) is 10.1. The van der Waals surface area contributed by atoms with Crippen LogP contribution in [0.4, 0.5) is 0 Å². The van der Waals surface area contributed by atoms with Crippen molar-refractivity contribution in [3.63, 3.8) is 0 Å². The third-order valence-electron chi connectivity index (χ3n) is 2.42. The topological polar surface area (TPSA) is 62.7 Å². The van der Waals surface area contributed by atoms with E-state index in [4.69, 9.17) is 9.78 Å². The highest BCUT2D eigenvalue weighted by molar-refractivity contribution is 5.55. The highest BCUT2D eigenvalue weighted by Crippen LogP contribution is 2.17. The fourth-order valence-corrected chi connectivity index (χ4v) is 1.58. The Morgan fingerprint density at radius 3 is 3.06 bits per heavy atom. The van der Waals surface area contributed by atoms with E-state index in [-0.39, 0.29) is 0 Å². The van der Waals surface area contributed by atoms with Gasteiger partial charge in [0, 0.05) is 18.4 Å². The molecular weight excluding hydrogens is 214 g/mol. The standard InChI is InChI=1S/C13H13N3O/c1-10-5-4-6-11(9-10)13-15-12(17-16-13)7-2-3-8-14/h4-6,9H,2-3,7H2,1H3. The first kappa shape index (κ1) is 11.3. The van der Waals surface area contributed by atoms with Crippen molar-refractivity contribution in [2.75, 3.05) is 0 Å². The summed E-state index contributed by atoms with van der Waals surface area (Å²) in [4.78, 5) is 4.31. The molecule has 0 aliphatic carbocycles. The summed E-state index contributed by atoms with van der Waals surface area (Å²) in [6.07, 6.45) is 1.93. The number of benzene rings is 1. The van der Waals surface area contributed by atoms with Gasteiger partial charge in [-0.3, -0.25) is 0 Å². The lowest BCUT2D eigenvalue weighted by Gasteiger charge is -1.95. The van der Waals surface area contributed by atoms with Crippen molar-refractivity contribution in [3.8, 4) is 17.5 Å². The Labute approximate surface area is 99.9 Å². The van der Waals surface area contributed by atoms with Crippen LogP contribution in [0.25, 0.3) is 11.4 Å². The van der Waals surface area contributed by atoms with Gasteiger partial charge in [0.15, 0.2) is 0 Å². The van der Waals surface area contributed by atoms with Crippen molar-refractivity contribution < 1.29 is 4.52 Å². The number of aryl methyl sites for hydroxylation is 2. The minimum atomic E-state index is 0.516. The van der Waals surface area contributed by atoms with Gasteiger partial charge in [-0.1, -0.05) is 28.9 Å². The Bertz CT molecular complexity index is 540. The third kappa shape index (κ3) is 2.91. The van der Waals surface area contributed by atoms with Gasteiger partial charge in [-0.15, -0.1) is 0 Å². The molecule has 0 fully saturated rings. The van der Waals surface area contributed by atoms with Gasteiger partial charge in [-0.25, -0.2) is 0 Å². The first-order valence-corrected chi connectivity index (χ1v) is 5.56. The van der Waals surface area contributed by atoms with Gasteiger partial charge in [0.2, 0.25) is 11.7 Å². The summed E-state index contributed by atoms with van der Waals surface area (Å²) in [5, 5.41) is 12.4. The summed E-state index contributed by atoms with van der Waals surface area (Å²) in [7, 11) is 0. The van der Waals surface area contributed by atoms with Crippen LogP contribution in [0, 0.1) is 18.3 Å². The molecule has 0 aliphatic rings. The predicted octanol–water partition coefficient (Wildman–Crippen LogP) is 2.89. The third-order valence-corrected chi connectivity index (χ3v) is 2.42. The maximum absolute atomic E-state index is 8.44. The smallest absolute Gasteiger partial charge is 0.226 e. The van der Waals surface area contributed by atoms with Crippen molar-refractivity contribution in [2.24, 2.45) is 0 Å². The summed E-state index contributed by atoms with van der Waals surface area (Å²) in [5.74, 6) is 1.21. The van der Waals surface area contributed by atoms with Crippen LogP contribution in [0.1, 0.15) is 24.3 Å². The molecule has 0 unspecified atom stereocenters. The van der Waals surface area contributed by atoms with E-state index in [1.54, 1.807) is 0 Å². The molecule has 0 amide bonds. The lowest BCUT2D eigenvalue weighted by Crippen LogP contribution is -1.86. The molecule has 0 spiro atoms. The van der Waals surface area contributed by atoms with Crippen LogP contribution in [-0.4, -0.2) is 10.1 Å². The van der Waals surface area contributed by atoms with Crippen molar-refractivity contribution in [1.82, 2.24) is 10.1 Å². The lowest BCUT2D eigenvalue weighted by molar-refractivity contribution is 0.376. The fourth-order valence-electron chi connectivity index (χ4n) is 1.58. The van der Waals surface area contributed by atoms with E-state index >= 15 is 0 Å². The van der Waals surface area contributed by atoms with Gasteiger partial charge >= 0.3 is 0 Å². The first-order chi connectivity index (χ1) is 8.29. The largest absolute Gasteiger partial charge is 0.339 e. The number of hydrogen-bond acceptors (Lipinski definition) is 4. The van der Waals surface area contributed by atoms with Gasteiger partial charge in [0.05, 0.1) is 6.07 Å². The summed E-state index contributed by atoms with van der Waals surface area (Å²) in [6.45, 7) is 2.03. The predicted molar refractivity (Wildman–Crippen MR) is 63.0 cm³/mol. The zero-order valence-electron chi connectivity index (χ0n) is 9.68. The molecule has 1 aromatic carbocycles. The molecule has 86 valence electrons. The quantitative estimate of drug-likeness (QED) is 0.753. The zero-order valence-corrected chi connectivity index (χ0v) is 9.68. The second-order valence-electron chi connectivity index (χ2n) is 3.89. The maximum Gasteiger partial charge on any atom is 0.226 e. The average Bonchev–Trinajstić information content (AvgIpc) is 2.78. The second-order valence-corrected chi connectivity index (χ2v) is 3.89. The van der Waals surface area contributed by atoms with E-state index < -0.39 is 0 Å². The van der Waals surface area contributed by atoms with Crippen molar-refractivity contribution in [3.05, 3.63) is 35.7 Å². The zero-order chi connectivity index (χ0) is 12.1. The van der Waals surface area contributed by atoms with E-state index in [1.165, 1.54) is 5.56 Å². The molecule has 0 saturated heterocycles. The fraction of sp³-hybridized carbons (Fsp3) is 0.308. The highest BCUT2D eigenvalue weighted by Gasteiger charge is 2.07. The molecule has 1 aromatic heterocycles. The van der Waals surface area contributed by atoms with E-state index in [0.717, 1.165) is 12.0 Å². The first-order valence-electron chi connectivity index (χ1n) is 5.56. The monoisotopic (exact) mass is 227 g/mol. The van der Waals surface area contributed by atoms with Gasteiger partial charge in [-0.05, 0) is 19.4 Å². The van der Waals surface area contributed by atoms with Crippen LogP contribution in [-0.2, 0) is 6.42 Å². The van der Waals surface area contributed by atoms with Gasteiger partial charge < -0.3 is 4.52 Å². The minimum absolute atomic E-state index is 0.516. The minimum Gasteiger partial charge on any atom is -0.339 e. The Kier molecular flexibility index (Phi) is 3.51. The molecule has 2 rings (SSSR count). The summed E-state index contributed by atoms with van der Waals surface area (Å²) in [5.41, 5.74) is 2.12. The van der Waals surface area contributed by atoms with E-state index in [9.17, 15) is 0 Å². The van der Waals surface area contributed by atoms with Crippen LogP contribution >= 0.6 is 0 Å². The van der Waals surface area contributed by atoms with Crippen molar-refractivity contribution in [1.29, 1.82) is 5.26 Å². The molecule has 4 nitrogen and oxygen atoms in total. The molecule has 0 N–H and O–H groups in total. The number of rotatable bonds is 4. The van der Waals surface area contributed by atoms with Crippen molar-refractivity contribution >= 4 is 0 Å². The number of unbranched alkanes of at least 4 members (excludes halogenated alkanes) is 1. The second kappa shape index (κ2) is 5.26. The van der Waals surface area contributed by atoms with Crippen molar-refractivity contribution in [2.45, 2.75) is 26.2 Å². The number of hydrogen-bond donors (Lipinski definition) is 0. The number of nitrogens with zero attached hydrogens (tertiary/aromatic N) is 3. The molecule has 0 aliphatic heterocycles. The molecule has 17 heavy (non-hydrogen) atoms. The van der Waals surface area contributed by atoms with E-state index in [2.05, 4.69) is 16.2 Å². The van der Waals surface area contributed by atoms with Crippen LogP contribution in [0.5, 0.6) is 0 Å². The Hall–Kier alpha value is -2.15. The SMILES string of the molecule is Cc1cccc(-c2noc(CCCC#N)n2)c1. The molecule has 0 bridgehead atoms. The highest BCUT2D eigenvalue weighted by atomic mass is 16.5. The van der Waals surface area contributed by atoms with E-state index in [1.807, 2.05) is 31.2 Å². The lowest BCUT2D eigenvalue weighted by atomic mass is 10.1. The van der Waals surface area contributed by atoms with Gasteiger partial charge in [0.25, 0.3) is 0 Å². The number of aromatic nitrogens is 2. The summed E-state index contributed by atoms with van der Waals surface area (Å²) >= 11 is 0. The molecule has 2 aromatic rings. The molecule has 0 saturated carbocycles. The molecule has 4 heteroatoms. The van der Waals surface area contributed by atoms with Crippen LogP contribution in [0.15, 0.2) is 28.8 Å². The Morgan fingerprint density at radius 1 is 1.41 bits per heavy atom. The molecular formula is C13H13N3O. The Balaban J connectivity index is 2.10. The van der Waals surface area contributed by atoms with E-state index in [0.29, 0.717) is 24.6 Å². The molecule has 0 atom stereocenters. The summed E-state index contributed by atoms with van der Waals surface area (Å²) in [6, 6.07) is 10.1. The maximum atomic E-state index is 8.44. The molecule has 0 radical (unpaired) electrons. The number of nitriles is 1. The van der Waals surface area contributed by atoms with Crippen LogP contribution in [0.2, 0.25) is 0 Å². The van der Waals surface area contributed by atoms with Crippen LogP contribution < -0.4 is 0 Å². The van der Waals surface area contributed by atoms with Crippen LogP contribution in [0.3, 0.4) is 0 Å². The molecule has 1 heterocycles.